The molecule has 0 saturated heterocycles. The summed E-state index contributed by atoms with van der Waals surface area (Å²) in [5, 5.41) is 3.29. The predicted molar refractivity (Wildman–Crippen MR) is 84.2 cm³/mol. The summed E-state index contributed by atoms with van der Waals surface area (Å²) in [5.74, 6) is -0.263. The van der Waals surface area contributed by atoms with Crippen LogP contribution in [-0.4, -0.2) is 19.6 Å². The highest BCUT2D eigenvalue weighted by Gasteiger charge is 2.16. The minimum absolute atomic E-state index is 0.0223. The van der Waals surface area contributed by atoms with E-state index >= 15 is 0 Å². The van der Waals surface area contributed by atoms with Gasteiger partial charge in [-0.2, -0.15) is 0 Å². The molecule has 0 aromatic heterocycles. The van der Waals surface area contributed by atoms with Crippen molar-refractivity contribution in [3.05, 3.63) is 70.8 Å². The topological polar surface area (TPSA) is 38.3 Å². The van der Waals surface area contributed by atoms with Gasteiger partial charge >= 0.3 is 5.97 Å². The first-order valence-corrected chi connectivity index (χ1v) is 7.04. The van der Waals surface area contributed by atoms with Crippen molar-refractivity contribution in [1.82, 2.24) is 5.32 Å². The van der Waals surface area contributed by atoms with Crippen LogP contribution in [0.25, 0.3) is 0 Å². The molecule has 1 unspecified atom stereocenters. The molecule has 0 aliphatic heterocycles. The van der Waals surface area contributed by atoms with Crippen LogP contribution in [0.5, 0.6) is 0 Å². The van der Waals surface area contributed by atoms with Crippen molar-refractivity contribution < 1.29 is 9.53 Å². The molecule has 1 atom stereocenters. The average molecular weight is 283 g/mol. The third kappa shape index (κ3) is 3.92. The Morgan fingerprint density at radius 2 is 1.76 bits per heavy atom. The van der Waals surface area contributed by atoms with E-state index in [9.17, 15) is 4.79 Å². The van der Waals surface area contributed by atoms with Crippen LogP contribution in [0, 0.1) is 13.8 Å². The van der Waals surface area contributed by atoms with Crippen LogP contribution >= 0.6 is 0 Å². The molecular weight excluding hydrogens is 262 g/mol. The molecule has 0 radical (unpaired) electrons. The summed E-state index contributed by atoms with van der Waals surface area (Å²) in [7, 11) is 1.40. The van der Waals surface area contributed by atoms with E-state index in [1.165, 1.54) is 23.8 Å². The largest absolute Gasteiger partial charge is 0.468 e. The summed E-state index contributed by atoms with van der Waals surface area (Å²) in [6.07, 6.45) is 0. The van der Waals surface area contributed by atoms with E-state index in [4.69, 9.17) is 4.74 Å². The van der Waals surface area contributed by atoms with Gasteiger partial charge in [-0.1, -0.05) is 54.1 Å². The van der Waals surface area contributed by atoms with Crippen LogP contribution in [0.1, 0.15) is 28.3 Å². The molecule has 3 heteroatoms. The first-order chi connectivity index (χ1) is 10.1. The van der Waals surface area contributed by atoms with Crippen molar-refractivity contribution in [3.63, 3.8) is 0 Å². The molecule has 2 aromatic rings. The van der Waals surface area contributed by atoms with E-state index in [1.54, 1.807) is 0 Å². The quantitative estimate of drug-likeness (QED) is 0.857. The number of ether oxygens (including phenoxy) is 1. The van der Waals surface area contributed by atoms with E-state index in [-0.39, 0.29) is 18.6 Å². The van der Waals surface area contributed by atoms with Crippen molar-refractivity contribution in [3.8, 4) is 0 Å². The molecule has 2 rings (SSSR count). The second kappa shape index (κ2) is 7.04. The molecule has 0 saturated carbocycles. The molecule has 0 fully saturated rings. The van der Waals surface area contributed by atoms with Gasteiger partial charge in [-0.3, -0.25) is 10.1 Å². The van der Waals surface area contributed by atoms with Gasteiger partial charge in [0.1, 0.15) is 0 Å². The number of nitrogens with one attached hydrogen (secondary N) is 1. The minimum atomic E-state index is -0.263. The van der Waals surface area contributed by atoms with Crippen LogP contribution in [0.3, 0.4) is 0 Å². The SMILES string of the molecule is COC(=O)CNC(c1ccc(C)cc1)c1ccccc1C. The minimum Gasteiger partial charge on any atom is -0.468 e. The molecule has 21 heavy (non-hydrogen) atoms. The monoisotopic (exact) mass is 283 g/mol. The number of methoxy groups -OCH3 is 1. The lowest BCUT2D eigenvalue weighted by atomic mass is 9.94. The highest BCUT2D eigenvalue weighted by Crippen LogP contribution is 2.25. The van der Waals surface area contributed by atoms with Crippen LogP contribution in [-0.2, 0) is 9.53 Å². The number of carbonyl (C=O) groups is 1. The lowest BCUT2D eigenvalue weighted by Crippen LogP contribution is -2.29. The molecule has 0 heterocycles. The maximum atomic E-state index is 11.4. The lowest BCUT2D eigenvalue weighted by molar-refractivity contribution is -0.139. The Bertz CT molecular complexity index is 605. The van der Waals surface area contributed by atoms with Gasteiger partial charge in [-0.25, -0.2) is 0 Å². The third-order valence-corrected chi connectivity index (χ3v) is 3.59. The number of hydrogen-bond donors (Lipinski definition) is 1. The highest BCUT2D eigenvalue weighted by molar-refractivity contribution is 5.71. The van der Waals surface area contributed by atoms with E-state index in [0.29, 0.717) is 0 Å². The number of esters is 1. The maximum absolute atomic E-state index is 11.4. The van der Waals surface area contributed by atoms with Crippen LogP contribution in [0.2, 0.25) is 0 Å². The fourth-order valence-corrected chi connectivity index (χ4v) is 2.33. The number of hydrogen-bond acceptors (Lipinski definition) is 3. The van der Waals surface area contributed by atoms with Gasteiger partial charge in [0, 0.05) is 0 Å². The van der Waals surface area contributed by atoms with E-state index < -0.39 is 0 Å². The fraction of sp³-hybridized carbons (Fsp3) is 0.278. The van der Waals surface area contributed by atoms with Gasteiger partial charge in [0.15, 0.2) is 0 Å². The van der Waals surface area contributed by atoms with Crippen molar-refractivity contribution in [2.45, 2.75) is 19.9 Å². The second-order valence-electron chi connectivity index (χ2n) is 5.16. The number of carbonyl (C=O) groups excluding carboxylic acids is 1. The van der Waals surface area contributed by atoms with Crippen molar-refractivity contribution >= 4 is 5.97 Å². The number of benzene rings is 2. The molecule has 0 spiro atoms. The normalized spacial score (nSPS) is 12.0. The van der Waals surface area contributed by atoms with E-state index in [1.807, 2.05) is 12.1 Å². The Morgan fingerprint density at radius 3 is 2.38 bits per heavy atom. The van der Waals surface area contributed by atoms with Crippen molar-refractivity contribution in [2.75, 3.05) is 13.7 Å². The first-order valence-electron chi connectivity index (χ1n) is 7.04. The molecular formula is C18H21NO2. The summed E-state index contributed by atoms with van der Waals surface area (Å²) in [4.78, 5) is 11.4. The number of aryl methyl sites for hydroxylation is 2. The summed E-state index contributed by atoms with van der Waals surface area (Å²) >= 11 is 0. The Hall–Kier alpha value is -2.13. The van der Waals surface area contributed by atoms with Crippen LogP contribution < -0.4 is 5.32 Å². The molecule has 0 amide bonds. The Balaban J connectivity index is 2.32. The zero-order valence-electron chi connectivity index (χ0n) is 12.7. The Labute approximate surface area is 126 Å². The highest BCUT2D eigenvalue weighted by atomic mass is 16.5. The molecule has 0 bridgehead atoms. The van der Waals surface area contributed by atoms with E-state index in [2.05, 4.69) is 55.6 Å². The Kier molecular flexibility index (Phi) is 5.12. The molecule has 0 aliphatic carbocycles. The molecule has 1 N–H and O–H groups in total. The summed E-state index contributed by atoms with van der Waals surface area (Å²) in [6.45, 7) is 4.33. The smallest absolute Gasteiger partial charge is 0.319 e. The maximum Gasteiger partial charge on any atom is 0.319 e. The molecule has 2 aromatic carbocycles. The Morgan fingerprint density at radius 1 is 1.10 bits per heavy atom. The zero-order chi connectivity index (χ0) is 15.2. The van der Waals surface area contributed by atoms with Gasteiger partial charge in [-0.05, 0) is 30.5 Å². The molecule has 0 aliphatic rings. The molecule has 110 valence electrons. The van der Waals surface area contributed by atoms with Gasteiger partial charge < -0.3 is 4.74 Å². The fourth-order valence-electron chi connectivity index (χ4n) is 2.33. The zero-order valence-corrected chi connectivity index (χ0v) is 12.7. The van der Waals surface area contributed by atoms with Crippen molar-refractivity contribution in [1.29, 1.82) is 0 Å². The number of rotatable bonds is 5. The van der Waals surface area contributed by atoms with Gasteiger partial charge in [-0.15, -0.1) is 0 Å². The summed E-state index contributed by atoms with van der Waals surface area (Å²) in [6, 6.07) is 16.5. The van der Waals surface area contributed by atoms with E-state index in [0.717, 1.165) is 5.56 Å². The standard InChI is InChI=1S/C18H21NO2/c1-13-8-10-15(11-9-13)18(19-12-17(20)21-3)16-7-5-4-6-14(16)2/h4-11,18-19H,12H2,1-3H3. The first kappa shape index (κ1) is 15.3. The van der Waals surface area contributed by atoms with Gasteiger partial charge in [0.2, 0.25) is 0 Å². The summed E-state index contributed by atoms with van der Waals surface area (Å²) in [5.41, 5.74) is 4.72. The predicted octanol–water partition coefficient (Wildman–Crippen LogP) is 3.16. The van der Waals surface area contributed by atoms with Crippen LogP contribution in [0.15, 0.2) is 48.5 Å². The van der Waals surface area contributed by atoms with Crippen LogP contribution in [0.4, 0.5) is 0 Å². The van der Waals surface area contributed by atoms with Gasteiger partial charge in [0.05, 0.1) is 19.7 Å². The molecule has 3 nitrogen and oxygen atoms in total. The third-order valence-electron chi connectivity index (χ3n) is 3.59. The second-order valence-corrected chi connectivity index (χ2v) is 5.16. The van der Waals surface area contributed by atoms with Gasteiger partial charge in [0.25, 0.3) is 0 Å². The lowest BCUT2D eigenvalue weighted by Gasteiger charge is -2.21. The van der Waals surface area contributed by atoms with Crippen molar-refractivity contribution in [2.24, 2.45) is 0 Å². The summed E-state index contributed by atoms with van der Waals surface area (Å²) < 4.78 is 4.72. The average Bonchev–Trinajstić information content (AvgIpc) is 2.50.